The highest BCUT2D eigenvalue weighted by atomic mass is 79.9. The topological polar surface area (TPSA) is 21.3 Å². The van der Waals surface area contributed by atoms with E-state index in [1.165, 1.54) is 0 Å². The number of benzene rings is 1. The third kappa shape index (κ3) is 3.68. The Morgan fingerprint density at radius 1 is 1.47 bits per heavy atom. The lowest BCUT2D eigenvalue weighted by Gasteiger charge is -2.06. The highest BCUT2D eigenvalue weighted by Gasteiger charge is 2.00. The van der Waals surface area contributed by atoms with Gasteiger partial charge in [-0.3, -0.25) is 0 Å². The van der Waals surface area contributed by atoms with E-state index in [0.717, 1.165) is 15.8 Å². The van der Waals surface area contributed by atoms with E-state index in [-0.39, 0.29) is 0 Å². The van der Waals surface area contributed by atoms with E-state index >= 15 is 0 Å². The smallest absolute Gasteiger partial charge is 0.126 e. The van der Waals surface area contributed by atoms with E-state index in [4.69, 9.17) is 4.74 Å². The molecule has 0 saturated carbocycles. The maximum Gasteiger partial charge on any atom is 0.126 e. The van der Waals surface area contributed by atoms with Crippen LogP contribution in [0.2, 0.25) is 0 Å². The van der Waals surface area contributed by atoms with Gasteiger partial charge in [-0.05, 0) is 32.2 Å². The molecule has 0 saturated heterocycles. The summed E-state index contributed by atoms with van der Waals surface area (Å²) >= 11 is 3.44. The Labute approximate surface area is 99.5 Å². The number of methoxy groups -OCH3 is 1. The molecule has 1 unspecified atom stereocenters. The molecule has 1 aromatic carbocycles. The zero-order chi connectivity index (χ0) is 11.3. The normalized spacial score (nSPS) is 13.1. The molecule has 0 aliphatic heterocycles. The summed E-state index contributed by atoms with van der Waals surface area (Å²) in [5, 5.41) is 3.15. The van der Waals surface area contributed by atoms with Crippen LogP contribution in [0, 0.1) is 0 Å². The lowest BCUT2D eigenvalue weighted by molar-refractivity contribution is 0.413. The quantitative estimate of drug-likeness (QED) is 0.907. The predicted molar refractivity (Wildman–Crippen MR) is 68.2 cm³/mol. The summed E-state index contributed by atoms with van der Waals surface area (Å²) < 4.78 is 6.33. The first-order chi connectivity index (χ1) is 7.17. The minimum absolute atomic E-state index is 0.355. The van der Waals surface area contributed by atoms with Crippen LogP contribution in [0.15, 0.2) is 28.7 Å². The third-order valence-electron chi connectivity index (χ3n) is 2.21. The van der Waals surface area contributed by atoms with E-state index in [1.54, 1.807) is 7.11 Å². The van der Waals surface area contributed by atoms with Crippen LogP contribution in [0.25, 0.3) is 6.08 Å². The fraction of sp³-hybridized carbons (Fsp3) is 0.333. The minimum atomic E-state index is 0.355. The highest BCUT2D eigenvalue weighted by molar-refractivity contribution is 9.10. The summed E-state index contributed by atoms with van der Waals surface area (Å²) in [4.78, 5) is 0. The second-order valence-corrected chi connectivity index (χ2v) is 4.24. The van der Waals surface area contributed by atoms with Crippen molar-refractivity contribution in [1.29, 1.82) is 0 Å². The molecule has 1 N–H and O–H groups in total. The molecule has 3 heteroatoms. The summed E-state index contributed by atoms with van der Waals surface area (Å²) in [6, 6.07) is 6.32. The Hall–Kier alpha value is -0.800. The molecule has 0 radical (unpaired) electrons. The zero-order valence-electron chi connectivity index (χ0n) is 9.25. The fourth-order valence-corrected chi connectivity index (χ4v) is 1.56. The predicted octanol–water partition coefficient (Wildman–Crippen LogP) is 3.08. The van der Waals surface area contributed by atoms with Crippen molar-refractivity contribution in [3.05, 3.63) is 34.3 Å². The van der Waals surface area contributed by atoms with Gasteiger partial charge in [0.15, 0.2) is 0 Å². The molecule has 0 aliphatic rings. The van der Waals surface area contributed by atoms with Crippen molar-refractivity contribution in [2.75, 3.05) is 14.2 Å². The van der Waals surface area contributed by atoms with Crippen molar-refractivity contribution in [2.24, 2.45) is 0 Å². The van der Waals surface area contributed by atoms with Crippen molar-refractivity contribution >= 4 is 22.0 Å². The van der Waals surface area contributed by atoms with Crippen molar-refractivity contribution in [3.63, 3.8) is 0 Å². The lowest BCUT2D eigenvalue weighted by atomic mass is 10.1. The number of hydrogen-bond donors (Lipinski definition) is 1. The second-order valence-electron chi connectivity index (χ2n) is 3.32. The molecule has 1 atom stereocenters. The van der Waals surface area contributed by atoms with Gasteiger partial charge in [0.05, 0.1) is 7.11 Å². The number of likely N-dealkylation sites (N-methyl/N-ethyl adjacent to an activating group) is 1. The van der Waals surface area contributed by atoms with E-state index in [1.807, 2.05) is 25.2 Å². The Morgan fingerprint density at radius 2 is 2.20 bits per heavy atom. The van der Waals surface area contributed by atoms with Gasteiger partial charge in [-0.1, -0.05) is 28.1 Å². The summed E-state index contributed by atoms with van der Waals surface area (Å²) in [5.74, 6) is 0.887. The Balaban J connectivity index is 2.91. The number of ether oxygens (including phenoxy) is 1. The summed E-state index contributed by atoms with van der Waals surface area (Å²) in [7, 11) is 3.62. The van der Waals surface area contributed by atoms with Gasteiger partial charge in [-0.15, -0.1) is 0 Å². The molecule has 0 aromatic heterocycles. The first-order valence-corrected chi connectivity index (χ1v) is 5.65. The first kappa shape index (κ1) is 12.3. The Morgan fingerprint density at radius 3 is 2.80 bits per heavy atom. The molecule has 0 aliphatic carbocycles. The maximum absolute atomic E-state index is 5.27. The van der Waals surface area contributed by atoms with Crippen LogP contribution in [0.1, 0.15) is 12.5 Å². The van der Waals surface area contributed by atoms with Gasteiger partial charge in [-0.25, -0.2) is 0 Å². The molecule has 0 bridgehead atoms. The first-order valence-electron chi connectivity index (χ1n) is 4.86. The average molecular weight is 270 g/mol. The highest BCUT2D eigenvalue weighted by Crippen LogP contribution is 2.24. The van der Waals surface area contributed by atoms with E-state index < -0.39 is 0 Å². The van der Waals surface area contributed by atoms with Gasteiger partial charge in [0.2, 0.25) is 0 Å². The Bertz CT molecular complexity index is 349. The summed E-state index contributed by atoms with van der Waals surface area (Å²) in [6.07, 6.45) is 4.16. The molecular formula is C12H16BrNO. The molecule has 82 valence electrons. The van der Waals surface area contributed by atoms with Gasteiger partial charge in [0.1, 0.15) is 5.75 Å². The SMILES string of the molecule is CNC(C)/C=C/c1cc(Br)ccc1OC. The van der Waals surface area contributed by atoms with Crippen LogP contribution >= 0.6 is 15.9 Å². The largest absolute Gasteiger partial charge is 0.496 e. The van der Waals surface area contributed by atoms with Gasteiger partial charge in [-0.2, -0.15) is 0 Å². The number of halogens is 1. The van der Waals surface area contributed by atoms with Gasteiger partial charge >= 0.3 is 0 Å². The molecule has 0 heterocycles. The van der Waals surface area contributed by atoms with Gasteiger partial charge < -0.3 is 10.1 Å². The van der Waals surface area contributed by atoms with Crippen molar-refractivity contribution < 1.29 is 4.74 Å². The number of hydrogen-bond acceptors (Lipinski definition) is 2. The molecule has 15 heavy (non-hydrogen) atoms. The van der Waals surface area contributed by atoms with E-state index in [9.17, 15) is 0 Å². The maximum atomic E-state index is 5.27. The molecule has 2 nitrogen and oxygen atoms in total. The summed E-state index contributed by atoms with van der Waals surface area (Å²) in [6.45, 7) is 2.10. The van der Waals surface area contributed by atoms with Crippen LogP contribution in [0.4, 0.5) is 0 Å². The van der Waals surface area contributed by atoms with Crippen LogP contribution < -0.4 is 10.1 Å². The van der Waals surface area contributed by atoms with Crippen LogP contribution in [-0.4, -0.2) is 20.2 Å². The van der Waals surface area contributed by atoms with Crippen LogP contribution in [0.5, 0.6) is 5.75 Å². The molecular weight excluding hydrogens is 254 g/mol. The minimum Gasteiger partial charge on any atom is -0.496 e. The molecule has 0 spiro atoms. The van der Waals surface area contributed by atoms with Crippen LogP contribution in [0.3, 0.4) is 0 Å². The molecule has 0 amide bonds. The fourth-order valence-electron chi connectivity index (χ4n) is 1.18. The standard InChI is InChI=1S/C12H16BrNO/c1-9(14-2)4-5-10-8-11(13)6-7-12(10)15-3/h4-9,14H,1-3H3/b5-4+. The van der Waals surface area contributed by atoms with Crippen molar-refractivity contribution in [3.8, 4) is 5.75 Å². The molecule has 1 aromatic rings. The summed E-state index contributed by atoms with van der Waals surface area (Å²) in [5.41, 5.74) is 1.08. The lowest BCUT2D eigenvalue weighted by Crippen LogP contribution is -2.17. The average Bonchev–Trinajstić information content (AvgIpc) is 2.26. The van der Waals surface area contributed by atoms with E-state index in [2.05, 4.69) is 40.3 Å². The third-order valence-corrected chi connectivity index (χ3v) is 2.70. The van der Waals surface area contributed by atoms with E-state index in [0.29, 0.717) is 6.04 Å². The van der Waals surface area contributed by atoms with Crippen LogP contribution in [-0.2, 0) is 0 Å². The van der Waals surface area contributed by atoms with Gasteiger partial charge in [0.25, 0.3) is 0 Å². The number of rotatable bonds is 4. The Kier molecular flexibility index (Phi) is 4.85. The van der Waals surface area contributed by atoms with Gasteiger partial charge in [0, 0.05) is 16.1 Å². The monoisotopic (exact) mass is 269 g/mol. The molecule has 1 rings (SSSR count). The second kappa shape index (κ2) is 5.93. The number of nitrogens with one attached hydrogen (secondary N) is 1. The molecule has 0 fully saturated rings. The van der Waals surface area contributed by atoms with Crippen molar-refractivity contribution in [1.82, 2.24) is 5.32 Å². The van der Waals surface area contributed by atoms with Crippen molar-refractivity contribution in [2.45, 2.75) is 13.0 Å². The zero-order valence-corrected chi connectivity index (χ0v) is 10.8.